The number of hydrogen-bond donors (Lipinski definition) is 0. The van der Waals surface area contributed by atoms with E-state index in [0.29, 0.717) is 0 Å². The predicted octanol–water partition coefficient (Wildman–Crippen LogP) is 5.13. The zero-order valence-electron chi connectivity index (χ0n) is 11.7. The third-order valence-corrected chi connectivity index (χ3v) is 5.55. The predicted molar refractivity (Wildman–Crippen MR) is 71.3 cm³/mol. The van der Waals surface area contributed by atoms with Crippen molar-refractivity contribution in [3.63, 3.8) is 0 Å². The van der Waals surface area contributed by atoms with Crippen molar-refractivity contribution >= 4 is 0 Å². The molecular formula is C16H30. The first-order chi connectivity index (χ1) is 7.59. The molecule has 0 heteroatoms. The fourth-order valence-electron chi connectivity index (χ4n) is 4.45. The van der Waals surface area contributed by atoms with Gasteiger partial charge >= 0.3 is 0 Å². The first kappa shape index (κ1) is 12.5. The quantitative estimate of drug-likeness (QED) is 0.607. The number of rotatable bonds is 2. The first-order valence-corrected chi connectivity index (χ1v) is 7.59. The summed E-state index contributed by atoms with van der Waals surface area (Å²) in [6.45, 7) is 9.76. The van der Waals surface area contributed by atoms with Crippen LogP contribution < -0.4 is 0 Å². The molecule has 0 heterocycles. The van der Waals surface area contributed by atoms with Crippen molar-refractivity contribution in [1.82, 2.24) is 0 Å². The summed E-state index contributed by atoms with van der Waals surface area (Å²) in [6.07, 6.45) is 9.17. The van der Waals surface area contributed by atoms with Crippen LogP contribution in [0.15, 0.2) is 0 Å². The van der Waals surface area contributed by atoms with E-state index in [1.807, 2.05) is 0 Å². The van der Waals surface area contributed by atoms with E-state index >= 15 is 0 Å². The molecule has 2 aliphatic carbocycles. The maximum Gasteiger partial charge on any atom is -0.0352 e. The van der Waals surface area contributed by atoms with E-state index in [2.05, 4.69) is 27.7 Å². The molecule has 2 saturated carbocycles. The van der Waals surface area contributed by atoms with Gasteiger partial charge in [-0.25, -0.2) is 0 Å². The van der Waals surface area contributed by atoms with Crippen LogP contribution in [0.2, 0.25) is 0 Å². The van der Waals surface area contributed by atoms with E-state index in [0.717, 1.165) is 35.5 Å². The van der Waals surface area contributed by atoms with Crippen LogP contribution in [0.1, 0.15) is 66.2 Å². The molecule has 2 aliphatic rings. The molecule has 16 heavy (non-hydrogen) atoms. The minimum atomic E-state index is 0.913. The number of hydrogen-bond acceptors (Lipinski definition) is 0. The molecule has 94 valence electrons. The zero-order valence-corrected chi connectivity index (χ0v) is 11.7. The van der Waals surface area contributed by atoms with Gasteiger partial charge < -0.3 is 0 Å². The Kier molecular flexibility index (Phi) is 3.97. The SMILES string of the molecule is CC(C)C1CCC2CCCC(C(C)C)C2C1. The molecule has 0 radical (unpaired) electrons. The Balaban J connectivity index is 2.04. The largest absolute Gasteiger partial charge is 0.0625 e. The van der Waals surface area contributed by atoms with Gasteiger partial charge in [0.05, 0.1) is 0 Å². The molecule has 0 aromatic heterocycles. The van der Waals surface area contributed by atoms with Crippen molar-refractivity contribution in [3.8, 4) is 0 Å². The summed E-state index contributed by atoms with van der Waals surface area (Å²) in [5, 5.41) is 0. The highest BCUT2D eigenvalue weighted by molar-refractivity contribution is 4.89. The Labute approximate surface area is 102 Å². The van der Waals surface area contributed by atoms with Crippen LogP contribution in [0.3, 0.4) is 0 Å². The second-order valence-electron chi connectivity index (χ2n) is 7.08. The molecule has 0 amide bonds. The van der Waals surface area contributed by atoms with Crippen LogP contribution in [0.4, 0.5) is 0 Å². The number of fused-ring (bicyclic) bond motifs is 1. The molecule has 0 nitrogen and oxygen atoms in total. The van der Waals surface area contributed by atoms with Crippen molar-refractivity contribution in [2.24, 2.45) is 35.5 Å². The van der Waals surface area contributed by atoms with Gasteiger partial charge in [0.1, 0.15) is 0 Å². The lowest BCUT2D eigenvalue weighted by Crippen LogP contribution is -2.37. The Morgan fingerprint density at radius 3 is 2.19 bits per heavy atom. The summed E-state index contributed by atoms with van der Waals surface area (Å²) in [7, 11) is 0. The monoisotopic (exact) mass is 222 g/mol. The molecule has 2 rings (SSSR count). The van der Waals surface area contributed by atoms with Gasteiger partial charge in [-0.3, -0.25) is 0 Å². The van der Waals surface area contributed by atoms with Crippen LogP contribution in [-0.2, 0) is 0 Å². The van der Waals surface area contributed by atoms with Crippen molar-refractivity contribution in [2.45, 2.75) is 66.2 Å². The van der Waals surface area contributed by atoms with E-state index in [9.17, 15) is 0 Å². The van der Waals surface area contributed by atoms with Gasteiger partial charge in [-0.15, -0.1) is 0 Å². The molecule has 0 aromatic carbocycles. The molecule has 0 aromatic rings. The minimum Gasteiger partial charge on any atom is -0.0625 e. The fraction of sp³-hybridized carbons (Fsp3) is 1.00. The average Bonchev–Trinajstić information content (AvgIpc) is 2.27. The zero-order chi connectivity index (χ0) is 11.7. The molecular weight excluding hydrogens is 192 g/mol. The molecule has 0 N–H and O–H groups in total. The van der Waals surface area contributed by atoms with Crippen molar-refractivity contribution in [2.75, 3.05) is 0 Å². The highest BCUT2D eigenvalue weighted by Gasteiger charge is 2.39. The lowest BCUT2D eigenvalue weighted by molar-refractivity contribution is 0.0379. The van der Waals surface area contributed by atoms with Crippen LogP contribution in [0.25, 0.3) is 0 Å². The second kappa shape index (κ2) is 5.10. The Hall–Kier alpha value is 0. The topological polar surface area (TPSA) is 0 Å². The van der Waals surface area contributed by atoms with Gasteiger partial charge in [0.15, 0.2) is 0 Å². The van der Waals surface area contributed by atoms with Crippen molar-refractivity contribution in [3.05, 3.63) is 0 Å². The molecule has 0 aliphatic heterocycles. The van der Waals surface area contributed by atoms with Gasteiger partial charge in [-0.1, -0.05) is 40.5 Å². The molecule has 0 saturated heterocycles. The Bertz CT molecular complexity index is 216. The molecule has 2 fully saturated rings. The van der Waals surface area contributed by atoms with Crippen molar-refractivity contribution in [1.29, 1.82) is 0 Å². The van der Waals surface area contributed by atoms with Crippen LogP contribution in [-0.4, -0.2) is 0 Å². The highest BCUT2D eigenvalue weighted by atomic mass is 14.4. The van der Waals surface area contributed by atoms with Gasteiger partial charge in [0, 0.05) is 0 Å². The normalized spacial score (nSPS) is 40.1. The van der Waals surface area contributed by atoms with E-state index in [1.165, 1.54) is 25.7 Å². The smallest absolute Gasteiger partial charge is 0.0352 e. The first-order valence-electron chi connectivity index (χ1n) is 7.59. The second-order valence-corrected chi connectivity index (χ2v) is 7.08. The lowest BCUT2D eigenvalue weighted by Gasteiger charge is -2.46. The summed E-state index contributed by atoms with van der Waals surface area (Å²) in [4.78, 5) is 0. The summed E-state index contributed by atoms with van der Waals surface area (Å²) in [6, 6.07) is 0. The van der Waals surface area contributed by atoms with E-state index in [-0.39, 0.29) is 0 Å². The summed E-state index contributed by atoms with van der Waals surface area (Å²) >= 11 is 0. The van der Waals surface area contributed by atoms with E-state index in [1.54, 1.807) is 12.8 Å². The maximum absolute atomic E-state index is 2.45. The maximum atomic E-state index is 2.45. The van der Waals surface area contributed by atoms with Gasteiger partial charge in [0.25, 0.3) is 0 Å². The molecule has 4 atom stereocenters. The van der Waals surface area contributed by atoms with Gasteiger partial charge in [-0.2, -0.15) is 0 Å². The Morgan fingerprint density at radius 1 is 0.812 bits per heavy atom. The van der Waals surface area contributed by atoms with E-state index < -0.39 is 0 Å². The standard InChI is InChI=1S/C16H30/c1-11(2)14-9-8-13-6-5-7-15(12(3)4)16(13)10-14/h11-16H,5-10H2,1-4H3. The fourth-order valence-corrected chi connectivity index (χ4v) is 4.45. The molecule has 0 spiro atoms. The van der Waals surface area contributed by atoms with Crippen LogP contribution >= 0.6 is 0 Å². The minimum absolute atomic E-state index is 0.913. The van der Waals surface area contributed by atoms with Crippen LogP contribution in [0, 0.1) is 35.5 Å². The molecule has 4 unspecified atom stereocenters. The summed E-state index contributed by atoms with van der Waals surface area (Å²) < 4.78 is 0. The summed E-state index contributed by atoms with van der Waals surface area (Å²) in [5.74, 6) is 6.07. The Morgan fingerprint density at radius 2 is 1.56 bits per heavy atom. The van der Waals surface area contributed by atoms with Gasteiger partial charge in [-0.05, 0) is 61.2 Å². The molecule has 0 bridgehead atoms. The highest BCUT2D eigenvalue weighted by Crippen LogP contribution is 2.49. The summed E-state index contributed by atoms with van der Waals surface area (Å²) in [5.41, 5.74) is 0. The third kappa shape index (κ3) is 2.46. The lowest BCUT2D eigenvalue weighted by atomic mass is 9.59. The third-order valence-electron chi connectivity index (χ3n) is 5.55. The van der Waals surface area contributed by atoms with E-state index in [4.69, 9.17) is 0 Å². The van der Waals surface area contributed by atoms with Gasteiger partial charge in [0.2, 0.25) is 0 Å². The average molecular weight is 222 g/mol. The van der Waals surface area contributed by atoms with Crippen LogP contribution in [0.5, 0.6) is 0 Å². The van der Waals surface area contributed by atoms with Crippen molar-refractivity contribution < 1.29 is 0 Å².